The van der Waals surface area contributed by atoms with Crippen molar-refractivity contribution >= 4 is 22.7 Å². The molecule has 1 aromatic carbocycles. The molecule has 4 heterocycles. The molecule has 4 unspecified atom stereocenters. The van der Waals surface area contributed by atoms with Gasteiger partial charge in [0.25, 0.3) is 0 Å². The predicted octanol–water partition coefficient (Wildman–Crippen LogP) is 2.42. The largest absolute Gasteiger partial charge is 0.326 e. The van der Waals surface area contributed by atoms with E-state index in [4.69, 9.17) is 4.98 Å². The molecule has 4 atom stereocenters. The number of carbonyl (C=O) groups is 2. The number of aromatic nitrogens is 1. The van der Waals surface area contributed by atoms with Crippen LogP contribution < -0.4 is 0 Å². The van der Waals surface area contributed by atoms with E-state index in [1.165, 1.54) is 19.3 Å². The lowest BCUT2D eigenvalue weighted by Gasteiger charge is -2.49. The van der Waals surface area contributed by atoms with E-state index in [1.54, 1.807) is 0 Å². The van der Waals surface area contributed by atoms with Crippen LogP contribution in [0.4, 0.5) is 0 Å². The molecule has 1 aromatic heterocycles. The first kappa shape index (κ1) is 18.3. The van der Waals surface area contributed by atoms with Gasteiger partial charge in [-0.1, -0.05) is 37.1 Å². The Kier molecular flexibility index (Phi) is 4.30. The Morgan fingerprint density at radius 1 is 0.933 bits per heavy atom. The summed E-state index contributed by atoms with van der Waals surface area (Å²) in [6, 6.07) is 12.1. The fourth-order valence-electron chi connectivity index (χ4n) is 6.24. The summed E-state index contributed by atoms with van der Waals surface area (Å²) in [5.74, 6) is 0.901. The average Bonchev–Trinajstić information content (AvgIpc) is 3.17. The van der Waals surface area contributed by atoms with Gasteiger partial charge in [-0.3, -0.25) is 19.5 Å². The van der Waals surface area contributed by atoms with Crippen molar-refractivity contribution in [2.45, 2.75) is 56.8 Å². The third-order valence-electron chi connectivity index (χ3n) is 7.70. The van der Waals surface area contributed by atoms with Crippen LogP contribution in [0.15, 0.2) is 36.4 Å². The number of pyridine rings is 1. The highest BCUT2D eigenvalue weighted by Gasteiger charge is 2.55. The van der Waals surface area contributed by atoms with Gasteiger partial charge in [0.1, 0.15) is 12.1 Å². The van der Waals surface area contributed by atoms with E-state index in [0.717, 1.165) is 36.0 Å². The maximum atomic E-state index is 13.5. The molecule has 1 saturated carbocycles. The SMILES string of the molecule is O=C1C2CC3CCCCC3N2C(=O)C2CN(Cc3ccc4ccccc4n3)CCN12. The van der Waals surface area contributed by atoms with Gasteiger partial charge in [0, 0.05) is 37.6 Å². The minimum absolute atomic E-state index is 0.185. The highest BCUT2D eigenvalue weighted by molar-refractivity contribution is 5.98. The fraction of sp³-hybridized carbons (Fsp3) is 0.542. The molecule has 30 heavy (non-hydrogen) atoms. The van der Waals surface area contributed by atoms with Crippen molar-refractivity contribution in [2.75, 3.05) is 19.6 Å². The Morgan fingerprint density at radius 3 is 2.73 bits per heavy atom. The predicted molar refractivity (Wildman–Crippen MR) is 114 cm³/mol. The molecule has 3 aliphatic heterocycles. The molecular formula is C24H28N4O2. The molecule has 2 aromatic rings. The maximum absolute atomic E-state index is 13.5. The van der Waals surface area contributed by atoms with Crippen molar-refractivity contribution in [3.8, 4) is 0 Å². The second-order valence-corrected chi connectivity index (χ2v) is 9.39. The number of carbonyl (C=O) groups excluding carboxylic acids is 2. The molecule has 0 bridgehead atoms. The van der Waals surface area contributed by atoms with Crippen LogP contribution in [-0.2, 0) is 16.1 Å². The minimum Gasteiger partial charge on any atom is -0.326 e. The number of benzene rings is 1. The summed E-state index contributed by atoms with van der Waals surface area (Å²) in [6.45, 7) is 2.76. The number of nitrogens with zero attached hydrogens (tertiary/aromatic N) is 4. The lowest BCUT2D eigenvalue weighted by Crippen LogP contribution is -2.69. The van der Waals surface area contributed by atoms with Gasteiger partial charge in [-0.25, -0.2) is 0 Å². The van der Waals surface area contributed by atoms with Crippen LogP contribution in [0.1, 0.15) is 37.8 Å². The summed E-state index contributed by atoms with van der Waals surface area (Å²) in [6.07, 6.45) is 5.53. The molecule has 4 aliphatic rings. The molecule has 6 heteroatoms. The quantitative estimate of drug-likeness (QED) is 0.771. The first-order chi connectivity index (χ1) is 14.7. The molecule has 3 saturated heterocycles. The summed E-state index contributed by atoms with van der Waals surface area (Å²) in [4.78, 5) is 37.7. The number of fused-ring (bicyclic) bond motifs is 5. The van der Waals surface area contributed by atoms with Gasteiger partial charge in [-0.05, 0) is 37.3 Å². The number of hydrogen-bond donors (Lipinski definition) is 0. The molecule has 4 fully saturated rings. The van der Waals surface area contributed by atoms with Gasteiger partial charge in [-0.2, -0.15) is 0 Å². The van der Waals surface area contributed by atoms with E-state index in [9.17, 15) is 9.59 Å². The summed E-state index contributed by atoms with van der Waals surface area (Å²) in [5, 5.41) is 1.14. The van der Waals surface area contributed by atoms with Crippen LogP contribution >= 0.6 is 0 Å². The Balaban J connectivity index is 1.21. The first-order valence-electron chi connectivity index (χ1n) is 11.4. The standard InChI is InChI=1S/C24H28N4O2/c29-23-21-13-17-6-2-4-8-20(17)28(21)24(30)22-15-26(11-12-27(22)23)14-18-10-9-16-5-1-3-7-19(16)25-18/h1,3,5,7,9-10,17,20-22H,2,4,6,8,11-15H2. The smallest absolute Gasteiger partial charge is 0.247 e. The second kappa shape index (κ2) is 7.05. The fourth-order valence-corrected chi connectivity index (χ4v) is 6.24. The molecule has 0 N–H and O–H groups in total. The average molecular weight is 405 g/mol. The van der Waals surface area contributed by atoms with Gasteiger partial charge in [0.15, 0.2) is 0 Å². The van der Waals surface area contributed by atoms with Crippen molar-refractivity contribution < 1.29 is 9.59 Å². The van der Waals surface area contributed by atoms with Gasteiger partial charge in [0.2, 0.25) is 11.8 Å². The highest BCUT2D eigenvalue weighted by atomic mass is 16.2. The Bertz CT molecular complexity index is 1010. The molecule has 0 spiro atoms. The third kappa shape index (κ3) is 2.84. The van der Waals surface area contributed by atoms with Gasteiger partial charge >= 0.3 is 0 Å². The maximum Gasteiger partial charge on any atom is 0.247 e. The van der Waals surface area contributed by atoms with Crippen LogP contribution in [0.25, 0.3) is 10.9 Å². The third-order valence-corrected chi connectivity index (χ3v) is 7.70. The van der Waals surface area contributed by atoms with E-state index >= 15 is 0 Å². The van der Waals surface area contributed by atoms with E-state index < -0.39 is 0 Å². The zero-order valence-electron chi connectivity index (χ0n) is 17.2. The van der Waals surface area contributed by atoms with Crippen LogP contribution in [0.2, 0.25) is 0 Å². The minimum atomic E-state index is -0.330. The molecule has 156 valence electrons. The molecule has 1 aliphatic carbocycles. The highest BCUT2D eigenvalue weighted by Crippen LogP contribution is 2.43. The van der Waals surface area contributed by atoms with Crippen LogP contribution in [0.5, 0.6) is 0 Å². The molecule has 6 nitrogen and oxygen atoms in total. The second-order valence-electron chi connectivity index (χ2n) is 9.39. The van der Waals surface area contributed by atoms with Gasteiger partial charge in [0.05, 0.1) is 11.2 Å². The summed E-state index contributed by atoms with van der Waals surface area (Å²) in [5.41, 5.74) is 2.02. The van der Waals surface area contributed by atoms with Crippen LogP contribution in [0.3, 0.4) is 0 Å². The summed E-state index contributed by atoms with van der Waals surface area (Å²) >= 11 is 0. The van der Waals surface area contributed by atoms with Crippen LogP contribution in [0, 0.1) is 5.92 Å². The van der Waals surface area contributed by atoms with E-state index in [2.05, 4.69) is 23.1 Å². The lowest BCUT2D eigenvalue weighted by atomic mass is 9.85. The molecular weight excluding hydrogens is 376 g/mol. The molecule has 0 radical (unpaired) electrons. The Morgan fingerprint density at radius 2 is 1.80 bits per heavy atom. The Labute approximate surface area is 176 Å². The molecule has 2 amide bonds. The van der Waals surface area contributed by atoms with Crippen molar-refractivity contribution in [3.05, 3.63) is 42.1 Å². The number of para-hydroxylation sites is 1. The zero-order valence-corrected chi connectivity index (χ0v) is 17.2. The monoisotopic (exact) mass is 404 g/mol. The van der Waals surface area contributed by atoms with E-state index in [-0.39, 0.29) is 23.9 Å². The lowest BCUT2D eigenvalue weighted by molar-refractivity contribution is -0.165. The van der Waals surface area contributed by atoms with Crippen molar-refractivity contribution in [3.63, 3.8) is 0 Å². The number of amides is 2. The first-order valence-corrected chi connectivity index (χ1v) is 11.4. The summed E-state index contributed by atoms with van der Waals surface area (Å²) in [7, 11) is 0. The Hall–Kier alpha value is -2.47. The number of hydrogen-bond acceptors (Lipinski definition) is 4. The van der Waals surface area contributed by atoms with Crippen molar-refractivity contribution in [2.24, 2.45) is 5.92 Å². The van der Waals surface area contributed by atoms with Gasteiger partial charge < -0.3 is 9.80 Å². The number of rotatable bonds is 2. The van der Waals surface area contributed by atoms with Crippen molar-refractivity contribution in [1.29, 1.82) is 0 Å². The van der Waals surface area contributed by atoms with E-state index in [1.807, 2.05) is 28.0 Å². The summed E-state index contributed by atoms with van der Waals surface area (Å²) < 4.78 is 0. The topological polar surface area (TPSA) is 56.8 Å². The number of piperazine rings is 2. The van der Waals surface area contributed by atoms with Gasteiger partial charge in [-0.15, -0.1) is 0 Å². The van der Waals surface area contributed by atoms with Crippen LogP contribution in [-0.4, -0.2) is 69.3 Å². The van der Waals surface area contributed by atoms with Crippen molar-refractivity contribution in [1.82, 2.24) is 19.7 Å². The molecule has 6 rings (SSSR count). The normalized spacial score (nSPS) is 31.6. The zero-order chi connectivity index (χ0) is 20.2. The van der Waals surface area contributed by atoms with E-state index in [0.29, 0.717) is 31.6 Å².